The van der Waals surface area contributed by atoms with Crippen LogP contribution >= 0.6 is 11.6 Å². The second-order valence-corrected chi connectivity index (χ2v) is 4.69. The summed E-state index contributed by atoms with van der Waals surface area (Å²) in [5.74, 6) is -3.25. The van der Waals surface area contributed by atoms with E-state index < -0.39 is 23.4 Å². The number of hydrogen-bond donors (Lipinski definition) is 2. The van der Waals surface area contributed by atoms with Gasteiger partial charge in [0.25, 0.3) is 0 Å². The molecule has 0 spiro atoms. The number of benzene rings is 2. The highest BCUT2D eigenvalue weighted by Crippen LogP contribution is 2.23. The van der Waals surface area contributed by atoms with Crippen molar-refractivity contribution in [1.82, 2.24) is 0 Å². The zero-order valence-corrected chi connectivity index (χ0v) is 11.3. The van der Waals surface area contributed by atoms with Crippen LogP contribution < -0.4 is 11.1 Å². The Bertz CT molecular complexity index is 687. The van der Waals surface area contributed by atoms with Crippen molar-refractivity contribution in [2.45, 2.75) is 6.42 Å². The van der Waals surface area contributed by atoms with Crippen LogP contribution in [0.15, 0.2) is 30.3 Å². The van der Waals surface area contributed by atoms with Crippen LogP contribution in [0.4, 0.5) is 24.5 Å². The van der Waals surface area contributed by atoms with Gasteiger partial charge in [-0.15, -0.1) is 0 Å². The lowest BCUT2D eigenvalue weighted by Gasteiger charge is -2.09. The number of carbonyl (C=O) groups excluding carboxylic acids is 1. The normalized spacial score (nSPS) is 10.5. The number of amides is 1. The zero-order valence-electron chi connectivity index (χ0n) is 10.6. The number of halogens is 4. The third kappa shape index (κ3) is 3.46. The largest absolute Gasteiger partial charge is 0.396 e. The standard InChI is InChI=1S/C14H10ClF3N2O/c15-8-2-1-3-9(16)7(8)4-14(21)20-13-6-12(19)10(17)5-11(13)18/h1-3,5-6H,4,19H2,(H,20,21). The summed E-state index contributed by atoms with van der Waals surface area (Å²) in [6.45, 7) is 0. The Balaban J connectivity index is 2.18. The van der Waals surface area contributed by atoms with Crippen LogP contribution in [0.1, 0.15) is 5.56 Å². The minimum Gasteiger partial charge on any atom is -0.396 e. The van der Waals surface area contributed by atoms with E-state index in [1.54, 1.807) is 0 Å². The summed E-state index contributed by atoms with van der Waals surface area (Å²) in [6, 6.07) is 5.50. The van der Waals surface area contributed by atoms with Crippen LogP contribution in [0.5, 0.6) is 0 Å². The molecule has 110 valence electrons. The molecule has 0 saturated heterocycles. The third-order valence-corrected chi connectivity index (χ3v) is 3.11. The van der Waals surface area contributed by atoms with Crippen LogP contribution in [-0.2, 0) is 11.2 Å². The number of nitrogens with one attached hydrogen (secondary N) is 1. The van der Waals surface area contributed by atoms with E-state index in [9.17, 15) is 18.0 Å². The molecule has 21 heavy (non-hydrogen) atoms. The summed E-state index contributed by atoms with van der Waals surface area (Å²) in [5, 5.41) is 2.28. The fourth-order valence-electron chi connectivity index (χ4n) is 1.72. The average molecular weight is 315 g/mol. The molecular weight excluding hydrogens is 305 g/mol. The molecule has 0 atom stereocenters. The molecule has 0 aromatic heterocycles. The average Bonchev–Trinajstić information content (AvgIpc) is 2.40. The van der Waals surface area contributed by atoms with Gasteiger partial charge in [-0.3, -0.25) is 4.79 Å². The van der Waals surface area contributed by atoms with Crippen LogP contribution in [0.3, 0.4) is 0 Å². The lowest BCUT2D eigenvalue weighted by molar-refractivity contribution is -0.115. The molecule has 0 saturated carbocycles. The molecule has 0 aliphatic carbocycles. The van der Waals surface area contributed by atoms with Gasteiger partial charge in [0.15, 0.2) is 0 Å². The fraction of sp³-hybridized carbons (Fsp3) is 0.0714. The van der Waals surface area contributed by atoms with E-state index in [1.807, 2.05) is 0 Å². The third-order valence-electron chi connectivity index (χ3n) is 2.76. The molecule has 0 aliphatic heterocycles. The fourth-order valence-corrected chi connectivity index (χ4v) is 1.95. The number of rotatable bonds is 3. The Morgan fingerprint density at radius 3 is 2.52 bits per heavy atom. The molecule has 7 heteroatoms. The number of hydrogen-bond acceptors (Lipinski definition) is 2. The van der Waals surface area contributed by atoms with Gasteiger partial charge in [-0.2, -0.15) is 0 Å². The molecule has 2 rings (SSSR count). The first-order valence-electron chi connectivity index (χ1n) is 5.85. The highest BCUT2D eigenvalue weighted by atomic mass is 35.5. The topological polar surface area (TPSA) is 55.1 Å². The summed E-state index contributed by atoms with van der Waals surface area (Å²) >= 11 is 5.79. The number of anilines is 2. The molecule has 0 unspecified atom stereocenters. The van der Waals surface area contributed by atoms with E-state index >= 15 is 0 Å². The van der Waals surface area contributed by atoms with Crippen LogP contribution in [0.25, 0.3) is 0 Å². The van der Waals surface area contributed by atoms with E-state index in [0.717, 1.165) is 12.1 Å². The van der Waals surface area contributed by atoms with Gasteiger partial charge in [-0.1, -0.05) is 17.7 Å². The van der Waals surface area contributed by atoms with Gasteiger partial charge in [-0.25, -0.2) is 13.2 Å². The van der Waals surface area contributed by atoms with Gasteiger partial charge in [0.05, 0.1) is 17.8 Å². The second-order valence-electron chi connectivity index (χ2n) is 4.28. The van der Waals surface area contributed by atoms with E-state index in [1.165, 1.54) is 12.1 Å². The van der Waals surface area contributed by atoms with Gasteiger partial charge in [0.1, 0.15) is 17.5 Å². The van der Waals surface area contributed by atoms with Gasteiger partial charge in [0, 0.05) is 16.7 Å². The summed E-state index contributed by atoms with van der Waals surface area (Å²) in [6.07, 6.45) is -0.387. The van der Waals surface area contributed by atoms with Crippen molar-refractivity contribution >= 4 is 28.9 Å². The Labute approximate surface area is 123 Å². The monoisotopic (exact) mass is 314 g/mol. The number of nitrogen functional groups attached to an aromatic ring is 1. The SMILES string of the molecule is Nc1cc(NC(=O)Cc2c(F)cccc2Cl)c(F)cc1F. The maximum Gasteiger partial charge on any atom is 0.229 e. The first-order chi connectivity index (χ1) is 9.88. The quantitative estimate of drug-likeness (QED) is 0.852. The Morgan fingerprint density at radius 2 is 1.86 bits per heavy atom. The molecule has 1 amide bonds. The predicted octanol–water partition coefficient (Wildman–Crippen LogP) is 3.52. The molecule has 2 aromatic carbocycles. The van der Waals surface area contributed by atoms with Crippen molar-refractivity contribution in [2.75, 3.05) is 11.1 Å². The molecule has 0 aliphatic rings. The Kier molecular flexibility index (Phi) is 4.37. The highest BCUT2D eigenvalue weighted by molar-refractivity contribution is 6.31. The maximum absolute atomic E-state index is 13.5. The van der Waals surface area contributed by atoms with Crippen LogP contribution in [0, 0.1) is 17.5 Å². The highest BCUT2D eigenvalue weighted by Gasteiger charge is 2.14. The first-order valence-corrected chi connectivity index (χ1v) is 6.23. The molecule has 0 radical (unpaired) electrons. The Hall–Kier alpha value is -2.21. The Morgan fingerprint density at radius 1 is 1.14 bits per heavy atom. The lowest BCUT2D eigenvalue weighted by atomic mass is 10.1. The first kappa shape index (κ1) is 15.2. The maximum atomic E-state index is 13.5. The van der Waals surface area contributed by atoms with Crippen molar-refractivity contribution in [2.24, 2.45) is 0 Å². The summed E-state index contributed by atoms with van der Waals surface area (Å²) in [5.41, 5.74) is 4.69. The molecule has 0 bridgehead atoms. The van der Waals surface area contributed by atoms with Crippen molar-refractivity contribution < 1.29 is 18.0 Å². The molecule has 3 N–H and O–H groups in total. The smallest absolute Gasteiger partial charge is 0.229 e. The number of carbonyl (C=O) groups is 1. The minimum atomic E-state index is -0.977. The van der Waals surface area contributed by atoms with E-state index in [-0.39, 0.29) is 28.4 Å². The van der Waals surface area contributed by atoms with Gasteiger partial charge >= 0.3 is 0 Å². The molecule has 2 aromatic rings. The lowest BCUT2D eigenvalue weighted by Crippen LogP contribution is -2.17. The van der Waals surface area contributed by atoms with Crippen molar-refractivity contribution in [3.63, 3.8) is 0 Å². The van der Waals surface area contributed by atoms with Crippen molar-refractivity contribution in [1.29, 1.82) is 0 Å². The predicted molar refractivity (Wildman–Crippen MR) is 74.5 cm³/mol. The molecule has 3 nitrogen and oxygen atoms in total. The molecule has 0 fully saturated rings. The zero-order chi connectivity index (χ0) is 15.6. The summed E-state index contributed by atoms with van der Waals surface area (Å²) in [7, 11) is 0. The minimum absolute atomic E-state index is 0.00726. The second kappa shape index (κ2) is 6.05. The van der Waals surface area contributed by atoms with E-state index in [0.29, 0.717) is 6.07 Å². The molecule has 0 heterocycles. The summed E-state index contributed by atoms with van der Waals surface area (Å²) < 4.78 is 40.0. The van der Waals surface area contributed by atoms with E-state index in [4.69, 9.17) is 17.3 Å². The van der Waals surface area contributed by atoms with Crippen molar-refractivity contribution in [3.05, 3.63) is 58.4 Å². The molecular formula is C14H10ClF3N2O. The van der Waals surface area contributed by atoms with E-state index in [2.05, 4.69) is 5.32 Å². The van der Waals surface area contributed by atoms with Gasteiger partial charge in [0.2, 0.25) is 5.91 Å². The summed E-state index contributed by atoms with van der Waals surface area (Å²) in [4.78, 5) is 11.8. The van der Waals surface area contributed by atoms with Crippen LogP contribution in [-0.4, -0.2) is 5.91 Å². The van der Waals surface area contributed by atoms with Gasteiger partial charge in [-0.05, 0) is 18.2 Å². The van der Waals surface area contributed by atoms with Gasteiger partial charge < -0.3 is 11.1 Å². The van der Waals surface area contributed by atoms with Crippen LogP contribution in [0.2, 0.25) is 5.02 Å². The number of nitrogens with two attached hydrogens (primary N) is 1. The van der Waals surface area contributed by atoms with Crippen molar-refractivity contribution in [3.8, 4) is 0 Å².